The van der Waals surface area contributed by atoms with Crippen LogP contribution in [0.3, 0.4) is 0 Å². The highest BCUT2D eigenvalue weighted by molar-refractivity contribution is 7.87. The maximum Gasteiger partial charge on any atom is 0.273 e. The number of ether oxygens (including phenoxy) is 2. The van der Waals surface area contributed by atoms with Crippen LogP contribution in [0, 0.1) is 5.92 Å². The average molecular weight is 317 g/mol. The Labute approximate surface area is 123 Å². The molecule has 118 valence electrons. The Bertz CT molecular complexity index is 573. The average Bonchev–Trinajstić information content (AvgIpc) is 2.95. The molecular weight excluding hydrogens is 298 g/mol. The number of rotatable bonds is 5. The van der Waals surface area contributed by atoms with Gasteiger partial charge in [0.15, 0.2) is 0 Å². The maximum atomic E-state index is 11.9. The molecule has 1 N–H and O–H groups in total. The highest BCUT2D eigenvalue weighted by Crippen LogP contribution is 2.50. The summed E-state index contributed by atoms with van der Waals surface area (Å²) in [6.45, 7) is 7.61. The number of carbonyl (C=O) groups excluding carboxylic acids is 1. The number of hydrogen-bond donors (Lipinski definition) is 1. The summed E-state index contributed by atoms with van der Waals surface area (Å²) in [6, 6.07) is 0. The fourth-order valence-electron chi connectivity index (χ4n) is 3.34. The summed E-state index contributed by atoms with van der Waals surface area (Å²) in [5, 5.41) is 2.08. The molecule has 6 unspecified atom stereocenters. The van der Waals surface area contributed by atoms with E-state index in [0.29, 0.717) is 12.1 Å². The molecule has 3 fully saturated rings. The molecule has 0 aromatic heterocycles. The van der Waals surface area contributed by atoms with Crippen molar-refractivity contribution in [2.45, 2.75) is 43.5 Å². The van der Waals surface area contributed by atoms with E-state index in [9.17, 15) is 13.2 Å². The van der Waals surface area contributed by atoms with E-state index < -0.39 is 33.7 Å². The van der Waals surface area contributed by atoms with Crippen molar-refractivity contribution in [2.24, 2.45) is 5.92 Å². The van der Waals surface area contributed by atoms with E-state index in [1.54, 1.807) is 6.92 Å². The maximum absolute atomic E-state index is 11.9. The smallest absolute Gasteiger partial charge is 0.273 e. The van der Waals surface area contributed by atoms with Crippen LogP contribution < -0.4 is 5.32 Å². The summed E-state index contributed by atoms with van der Waals surface area (Å²) in [6.07, 6.45) is -1.65. The van der Waals surface area contributed by atoms with Crippen molar-refractivity contribution in [3.8, 4) is 0 Å². The lowest BCUT2D eigenvalue weighted by atomic mass is 9.86. The van der Waals surface area contributed by atoms with E-state index >= 15 is 0 Å². The van der Waals surface area contributed by atoms with E-state index in [4.69, 9.17) is 13.7 Å². The van der Waals surface area contributed by atoms with E-state index in [-0.39, 0.29) is 24.5 Å². The first-order chi connectivity index (χ1) is 9.83. The Morgan fingerprint density at radius 3 is 2.71 bits per heavy atom. The number of nitrogens with one attached hydrogen (secondary N) is 1. The number of hydrogen-bond acceptors (Lipinski definition) is 6. The first kappa shape index (κ1) is 15.0. The van der Waals surface area contributed by atoms with Gasteiger partial charge in [-0.3, -0.25) is 8.98 Å². The van der Waals surface area contributed by atoms with Crippen molar-refractivity contribution >= 4 is 16.0 Å². The van der Waals surface area contributed by atoms with Crippen LogP contribution in [-0.2, 0) is 28.6 Å². The zero-order valence-corrected chi connectivity index (χ0v) is 12.8. The Balaban J connectivity index is 1.57. The first-order valence-corrected chi connectivity index (χ1v) is 8.43. The minimum absolute atomic E-state index is 0.145. The van der Waals surface area contributed by atoms with Gasteiger partial charge in [0.25, 0.3) is 10.1 Å². The highest BCUT2D eigenvalue weighted by atomic mass is 32.2. The third kappa shape index (κ3) is 2.30. The van der Waals surface area contributed by atoms with Gasteiger partial charge in [-0.15, -0.1) is 0 Å². The van der Waals surface area contributed by atoms with Crippen LogP contribution in [0.4, 0.5) is 0 Å². The van der Waals surface area contributed by atoms with Crippen molar-refractivity contribution in [1.29, 1.82) is 0 Å². The van der Waals surface area contributed by atoms with Crippen molar-refractivity contribution in [3.05, 3.63) is 12.2 Å². The molecule has 6 atom stereocenters. The Hall–Kier alpha value is -0.960. The lowest BCUT2D eigenvalue weighted by Crippen LogP contribution is -2.46. The van der Waals surface area contributed by atoms with Gasteiger partial charge in [-0.05, 0) is 6.92 Å². The molecule has 2 bridgehead atoms. The third-order valence-corrected chi connectivity index (χ3v) is 6.16. The van der Waals surface area contributed by atoms with Gasteiger partial charge >= 0.3 is 0 Å². The second-order valence-corrected chi connectivity index (χ2v) is 7.54. The third-order valence-electron chi connectivity index (χ3n) is 4.31. The van der Waals surface area contributed by atoms with Crippen LogP contribution in [0.1, 0.15) is 13.8 Å². The largest absolute Gasteiger partial charge is 0.371 e. The molecule has 8 heteroatoms. The zero-order valence-electron chi connectivity index (χ0n) is 11.9. The monoisotopic (exact) mass is 317 g/mol. The molecule has 3 aliphatic heterocycles. The first-order valence-electron chi connectivity index (χ1n) is 6.96. The van der Waals surface area contributed by atoms with Gasteiger partial charge in [0.05, 0.1) is 12.7 Å². The molecule has 3 saturated heterocycles. The van der Waals surface area contributed by atoms with Crippen LogP contribution in [0.15, 0.2) is 12.2 Å². The Morgan fingerprint density at radius 2 is 2.05 bits per heavy atom. The molecule has 1 amide bonds. The molecule has 3 heterocycles. The van der Waals surface area contributed by atoms with Gasteiger partial charge in [-0.2, -0.15) is 8.42 Å². The van der Waals surface area contributed by atoms with Crippen molar-refractivity contribution in [3.63, 3.8) is 0 Å². The van der Waals surface area contributed by atoms with E-state index in [1.807, 2.05) is 6.92 Å². The molecule has 0 aromatic rings. The van der Waals surface area contributed by atoms with Crippen LogP contribution in [-0.4, -0.2) is 57.1 Å². The fourth-order valence-corrected chi connectivity index (χ4v) is 5.22. The predicted octanol–water partition coefficient (Wildman–Crippen LogP) is -0.422. The molecule has 7 nitrogen and oxygen atoms in total. The summed E-state index contributed by atoms with van der Waals surface area (Å²) < 4.78 is 40.4. The highest BCUT2D eigenvalue weighted by Gasteiger charge is 2.69. The molecule has 0 spiro atoms. The van der Waals surface area contributed by atoms with Crippen LogP contribution >= 0.6 is 0 Å². The van der Waals surface area contributed by atoms with Crippen molar-refractivity contribution in [2.75, 3.05) is 13.2 Å². The minimum Gasteiger partial charge on any atom is -0.371 e. The molecule has 3 rings (SSSR count). The van der Waals surface area contributed by atoms with Crippen molar-refractivity contribution < 1.29 is 26.9 Å². The normalized spacial score (nSPS) is 42.2. The van der Waals surface area contributed by atoms with Crippen molar-refractivity contribution in [1.82, 2.24) is 5.32 Å². The topological polar surface area (TPSA) is 90.9 Å². The number of fused-ring (bicyclic) bond motifs is 1. The summed E-state index contributed by atoms with van der Waals surface area (Å²) in [5.74, 6) is -0.371. The molecule has 0 aromatic carbocycles. The van der Waals surface area contributed by atoms with Gasteiger partial charge in [0.1, 0.15) is 23.6 Å². The summed E-state index contributed by atoms with van der Waals surface area (Å²) in [5.41, 5.74) is 0.431. The predicted molar refractivity (Wildman–Crippen MR) is 73.0 cm³/mol. The number of amides is 1. The molecule has 0 radical (unpaired) electrons. The standard InChI is InChI=1S/C13H19NO6S/c1-6(2)13(15)14-4-5-18-9-8-7(3)12-11(19-8)10(9)20-21(12,16)17/h7-12H,1,4-5H2,2-3H3,(H,14,15). The van der Waals surface area contributed by atoms with Gasteiger partial charge in [-0.25, -0.2) is 0 Å². The molecule has 0 aliphatic carbocycles. The van der Waals surface area contributed by atoms with Gasteiger partial charge in [-0.1, -0.05) is 13.5 Å². The number of carbonyl (C=O) groups is 1. The lowest BCUT2D eigenvalue weighted by Gasteiger charge is -2.26. The Kier molecular flexibility index (Phi) is 3.59. The zero-order chi connectivity index (χ0) is 15.4. The summed E-state index contributed by atoms with van der Waals surface area (Å²) in [4.78, 5) is 11.3. The van der Waals surface area contributed by atoms with Crippen LogP contribution in [0.5, 0.6) is 0 Å². The molecule has 3 aliphatic rings. The second-order valence-electron chi connectivity index (χ2n) is 5.81. The minimum atomic E-state index is -3.56. The summed E-state index contributed by atoms with van der Waals surface area (Å²) in [7, 11) is -3.56. The van der Waals surface area contributed by atoms with E-state index in [2.05, 4.69) is 11.9 Å². The van der Waals surface area contributed by atoms with Crippen LogP contribution in [0.2, 0.25) is 0 Å². The van der Waals surface area contributed by atoms with Gasteiger partial charge < -0.3 is 14.8 Å². The van der Waals surface area contributed by atoms with Crippen LogP contribution in [0.25, 0.3) is 0 Å². The molecule has 21 heavy (non-hydrogen) atoms. The fraction of sp³-hybridized carbons (Fsp3) is 0.769. The second kappa shape index (κ2) is 5.05. The van der Waals surface area contributed by atoms with E-state index in [0.717, 1.165) is 0 Å². The SMILES string of the molecule is C=C(C)C(=O)NCCOC1C2OC3C1OS(=O)(=O)C3C2C. The quantitative estimate of drug-likeness (QED) is 0.421. The van der Waals surface area contributed by atoms with Gasteiger partial charge in [0.2, 0.25) is 5.91 Å². The Morgan fingerprint density at radius 1 is 1.33 bits per heavy atom. The summed E-state index contributed by atoms with van der Waals surface area (Å²) >= 11 is 0. The molecular formula is C13H19NO6S. The molecule has 0 saturated carbocycles. The van der Waals surface area contributed by atoms with Gasteiger partial charge in [0, 0.05) is 18.0 Å². The lowest BCUT2D eigenvalue weighted by molar-refractivity contribution is -0.118. The van der Waals surface area contributed by atoms with E-state index in [1.165, 1.54) is 0 Å².